The first-order valence-corrected chi connectivity index (χ1v) is 7.28. The molecule has 0 bridgehead atoms. The molecular weight excluding hydrogens is 236 g/mol. The Morgan fingerprint density at radius 2 is 2.00 bits per heavy atom. The lowest BCUT2D eigenvalue weighted by Gasteiger charge is -2.40. The van der Waals surface area contributed by atoms with E-state index in [0.29, 0.717) is 0 Å². The summed E-state index contributed by atoms with van der Waals surface area (Å²) in [5.74, 6) is 0.316. The van der Waals surface area contributed by atoms with Crippen LogP contribution in [-0.2, 0) is 11.2 Å². The molecule has 1 aromatic rings. The second-order valence-electron chi connectivity index (χ2n) is 5.92. The average Bonchev–Trinajstić information content (AvgIpc) is 2.40. The van der Waals surface area contributed by atoms with E-state index in [2.05, 4.69) is 12.1 Å². The molecule has 1 fully saturated rings. The normalized spacial score (nSPS) is 29.3. The summed E-state index contributed by atoms with van der Waals surface area (Å²) in [6.45, 7) is 0. The van der Waals surface area contributed by atoms with Crippen LogP contribution in [0.2, 0.25) is 0 Å². The molecule has 0 spiro atoms. The largest absolute Gasteiger partial charge is 0.341 e. The van der Waals surface area contributed by atoms with Crippen molar-refractivity contribution in [1.82, 2.24) is 4.90 Å². The van der Waals surface area contributed by atoms with Gasteiger partial charge in [0.2, 0.25) is 5.91 Å². The highest BCUT2D eigenvalue weighted by Gasteiger charge is 2.37. The van der Waals surface area contributed by atoms with Gasteiger partial charge >= 0.3 is 0 Å². The van der Waals surface area contributed by atoms with Crippen LogP contribution < -0.4 is 5.73 Å². The van der Waals surface area contributed by atoms with Gasteiger partial charge < -0.3 is 10.6 Å². The lowest BCUT2D eigenvalue weighted by molar-refractivity contribution is -0.135. The van der Waals surface area contributed by atoms with Gasteiger partial charge in [0.15, 0.2) is 0 Å². The van der Waals surface area contributed by atoms with Gasteiger partial charge in [-0.25, -0.2) is 0 Å². The number of nitrogens with two attached hydrogens (primary N) is 1. The third kappa shape index (κ3) is 2.16. The summed E-state index contributed by atoms with van der Waals surface area (Å²) in [7, 11) is 1.93. The van der Waals surface area contributed by atoms with E-state index < -0.39 is 0 Å². The molecule has 1 saturated carbocycles. The molecule has 0 heterocycles. The fourth-order valence-corrected chi connectivity index (χ4v) is 3.51. The zero-order valence-electron chi connectivity index (χ0n) is 11.5. The molecule has 3 atom stereocenters. The van der Waals surface area contributed by atoms with Crippen LogP contribution in [0, 0.1) is 0 Å². The van der Waals surface area contributed by atoms with Gasteiger partial charge in [0, 0.05) is 19.1 Å². The maximum Gasteiger partial charge on any atom is 0.230 e. The summed E-state index contributed by atoms with van der Waals surface area (Å²) in [6, 6.07) is 8.64. The van der Waals surface area contributed by atoms with Gasteiger partial charge in [0.1, 0.15) is 0 Å². The van der Waals surface area contributed by atoms with Gasteiger partial charge in [-0.1, -0.05) is 37.1 Å². The highest BCUT2D eigenvalue weighted by molar-refractivity contribution is 5.87. The Bertz CT molecular complexity index is 485. The fraction of sp³-hybridized carbons (Fsp3) is 0.562. The molecule has 0 saturated heterocycles. The Morgan fingerprint density at radius 1 is 1.26 bits per heavy atom. The average molecular weight is 258 g/mol. The van der Waals surface area contributed by atoms with Crippen molar-refractivity contribution in [3.8, 4) is 0 Å². The summed E-state index contributed by atoms with van der Waals surface area (Å²) in [5.41, 5.74) is 8.71. The van der Waals surface area contributed by atoms with Crippen LogP contribution in [0.5, 0.6) is 0 Å². The molecule has 19 heavy (non-hydrogen) atoms. The third-order valence-corrected chi connectivity index (χ3v) is 4.78. The molecule has 3 unspecified atom stereocenters. The maximum atomic E-state index is 12.6. The summed E-state index contributed by atoms with van der Waals surface area (Å²) in [6.07, 6.45) is 5.38. The quantitative estimate of drug-likeness (QED) is 0.882. The first kappa shape index (κ1) is 12.7. The standard InChI is InChI=1S/C16H22N2O/c1-18(15-9-5-4-8-14(15)17)16(19)13-10-11-6-2-3-7-12(11)13/h2-3,6-7,13-15H,4-5,8-10,17H2,1H3. The lowest BCUT2D eigenvalue weighted by atomic mass is 9.76. The number of fused-ring (bicyclic) bond motifs is 1. The van der Waals surface area contributed by atoms with Crippen LogP contribution >= 0.6 is 0 Å². The van der Waals surface area contributed by atoms with Crippen LogP contribution in [0.1, 0.15) is 42.7 Å². The molecule has 102 valence electrons. The molecular formula is C16H22N2O. The Balaban J connectivity index is 1.71. The van der Waals surface area contributed by atoms with Gasteiger partial charge in [-0.2, -0.15) is 0 Å². The van der Waals surface area contributed by atoms with Crippen molar-refractivity contribution in [2.75, 3.05) is 7.05 Å². The Kier molecular flexibility index (Phi) is 3.31. The molecule has 0 radical (unpaired) electrons. The smallest absolute Gasteiger partial charge is 0.230 e. The van der Waals surface area contributed by atoms with Crippen molar-refractivity contribution < 1.29 is 4.79 Å². The van der Waals surface area contributed by atoms with Crippen LogP contribution in [0.3, 0.4) is 0 Å². The minimum atomic E-state index is 0.0651. The summed E-state index contributed by atoms with van der Waals surface area (Å²) in [5, 5.41) is 0. The molecule has 3 nitrogen and oxygen atoms in total. The molecule has 0 aromatic heterocycles. The second kappa shape index (κ2) is 4.97. The topological polar surface area (TPSA) is 46.3 Å². The van der Waals surface area contributed by atoms with Crippen molar-refractivity contribution in [3.63, 3.8) is 0 Å². The zero-order valence-corrected chi connectivity index (χ0v) is 11.5. The number of rotatable bonds is 2. The van der Waals surface area contributed by atoms with Crippen LogP contribution in [-0.4, -0.2) is 29.9 Å². The van der Waals surface area contributed by atoms with Gasteiger partial charge in [0.05, 0.1) is 5.92 Å². The minimum Gasteiger partial charge on any atom is -0.341 e. The van der Waals surface area contributed by atoms with E-state index in [1.165, 1.54) is 24.0 Å². The van der Waals surface area contributed by atoms with Crippen LogP contribution in [0.4, 0.5) is 0 Å². The Hall–Kier alpha value is -1.35. The lowest BCUT2D eigenvalue weighted by Crippen LogP contribution is -2.52. The first-order chi connectivity index (χ1) is 9.18. The van der Waals surface area contributed by atoms with E-state index in [4.69, 9.17) is 5.73 Å². The van der Waals surface area contributed by atoms with Gasteiger partial charge in [-0.05, 0) is 30.4 Å². The second-order valence-corrected chi connectivity index (χ2v) is 5.92. The Morgan fingerprint density at radius 3 is 2.74 bits per heavy atom. The molecule has 2 aliphatic carbocycles. The summed E-state index contributed by atoms with van der Waals surface area (Å²) in [4.78, 5) is 14.5. The van der Waals surface area contributed by atoms with Crippen molar-refractivity contribution in [3.05, 3.63) is 35.4 Å². The summed E-state index contributed by atoms with van der Waals surface area (Å²) >= 11 is 0. The van der Waals surface area contributed by atoms with Crippen molar-refractivity contribution in [2.24, 2.45) is 5.73 Å². The van der Waals surface area contributed by atoms with Gasteiger partial charge in [-0.3, -0.25) is 4.79 Å². The SMILES string of the molecule is CN(C(=O)C1Cc2ccccc21)C1CCCCC1N. The predicted molar refractivity (Wildman–Crippen MR) is 75.9 cm³/mol. The van der Waals surface area contributed by atoms with E-state index in [0.717, 1.165) is 19.3 Å². The van der Waals surface area contributed by atoms with Gasteiger partial charge in [0.25, 0.3) is 0 Å². The number of nitrogens with zero attached hydrogens (tertiary/aromatic N) is 1. The van der Waals surface area contributed by atoms with E-state index in [1.54, 1.807) is 0 Å². The first-order valence-electron chi connectivity index (χ1n) is 7.28. The minimum absolute atomic E-state index is 0.0651. The number of hydrogen-bond acceptors (Lipinski definition) is 2. The molecule has 1 amide bonds. The highest BCUT2D eigenvalue weighted by Crippen LogP contribution is 2.37. The number of benzene rings is 1. The van der Waals surface area contributed by atoms with E-state index in [-0.39, 0.29) is 23.9 Å². The molecule has 2 aliphatic rings. The summed E-state index contributed by atoms with van der Waals surface area (Å²) < 4.78 is 0. The van der Waals surface area contributed by atoms with E-state index >= 15 is 0 Å². The molecule has 3 rings (SSSR count). The zero-order chi connectivity index (χ0) is 13.4. The molecule has 1 aromatic carbocycles. The molecule has 0 aliphatic heterocycles. The van der Waals surface area contributed by atoms with Crippen molar-refractivity contribution >= 4 is 5.91 Å². The van der Waals surface area contributed by atoms with Crippen molar-refractivity contribution in [1.29, 1.82) is 0 Å². The number of carbonyl (C=O) groups excluding carboxylic acids is 1. The molecule has 3 heteroatoms. The predicted octanol–water partition coefficient (Wildman–Crippen LogP) is 2.05. The van der Waals surface area contributed by atoms with Crippen LogP contribution in [0.25, 0.3) is 0 Å². The van der Waals surface area contributed by atoms with Crippen LogP contribution in [0.15, 0.2) is 24.3 Å². The van der Waals surface area contributed by atoms with E-state index in [1.807, 2.05) is 24.1 Å². The molecule has 2 N–H and O–H groups in total. The third-order valence-electron chi connectivity index (χ3n) is 4.78. The number of carbonyl (C=O) groups is 1. The number of amides is 1. The monoisotopic (exact) mass is 258 g/mol. The Labute approximate surface area is 114 Å². The highest BCUT2D eigenvalue weighted by atomic mass is 16.2. The van der Waals surface area contributed by atoms with E-state index in [9.17, 15) is 4.79 Å². The fourth-order valence-electron chi connectivity index (χ4n) is 3.51. The number of hydrogen-bond donors (Lipinski definition) is 1. The van der Waals surface area contributed by atoms with Gasteiger partial charge in [-0.15, -0.1) is 0 Å². The maximum absolute atomic E-state index is 12.6. The number of likely N-dealkylation sites (N-methyl/N-ethyl adjacent to an activating group) is 1. The van der Waals surface area contributed by atoms with Crippen molar-refractivity contribution in [2.45, 2.75) is 50.1 Å².